The van der Waals surface area contributed by atoms with Crippen LogP contribution in [0.25, 0.3) is 0 Å². The Labute approximate surface area is 118 Å². The molecule has 1 heterocycles. The maximum Gasteiger partial charge on any atom is 0.210 e. The number of nitrogens with zero attached hydrogens (tertiary/aromatic N) is 1. The van der Waals surface area contributed by atoms with E-state index in [1.165, 1.54) is 6.07 Å². The number of carbonyl (C=O) groups is 2. The van der Waals surface area contributed by atoms with Crippen LogP contribution in [0.2, 0.25) is 0 Å². The molecule has 0 radical (unpaired) electrons. The maximum absolute atomic E-state index is 11.1. The van der Waals surface area contributed by atoms with E-state index in [1.54, 1.807) is 17.0 Å². The summed E-state index contributed by atoms with van der Waals surface area (Å²) in [7, 11) is 0. The zero-order valence-electron chi connectivity index (χ0n) is 11.3. The lowest BCUT2D eigenvalue weighted by atomic mass is 10.1. The summed E-state index contributed by atoms with van der Waals surface area (Å²) in [6, 6.07) is 4.74. The fourth-order valence-electron chi connectivity index (χ4n) is 2.48. The van der Waals surface area contributed by atoms with E-state index < -0.39 is 0 Å². The number of amides is 1. The Hall–Kier alpha value is -2.04. The standard InChI is InChI=1S/C15H19NO4/c17-9-13-14(19)6-4-7-15(13)20-10-12-5-2-1-3-8-16(12)11-18/h4,6-7,9,11-12,19H,1-3,5,8,10H2. The summed E-state index contributed by atoms with van der Waals surface area (Å²) in [5, 5.41) is 9.59. The van der Waals surface area contributed by atoms with Crippen molar-refractivity contribution >= 4 is 12.7 Å². The first kappa shape index (κ1) is 14.4. The van der Waals surface area contributed by atoms with E-state index >= 15 is 0 Å². The summed E-state index contributed by atoms with van der Waals surface area (Å²) in [6.45, 7) is 1.08. The first-order valence-electron chi connectivity index (χ1n) is 6.87. The van der Waals surface area contributed by atoms with E-state index in [2.05, 4.69) is 0 Å². The number of phenolic OH excluding ortho intramolecular Hbond substituents is 1. The second kappa shape index (κ2) is 6.93. The molecule has 1 amide bonds. The molecule has 1 fully saturated rings. The molecular weight excluding hydrogens is 258 g/mol. The number of phenols is 1. The van der Waals surface area contributed by atoms with Crippen molar-refractivity contribution in [2.75, 3.05) is 13.2 Å². The van der Waals surface area contributed by atoms with Crippen molar-refractivity contribution in [2.45, 2.75) is 31.7 Å². The number of ether oxygens (including phenoxy) is 1. The molecule has 1 saturated heterocycles. The van der Waals surface area contributed by atoms with Crippen LogP contribution in [-0.2, 0) is 4.79 Å². The Bertz CT molecular complexity index is 475. The molecule has 1 aromatic rings. The molecular formula is C15H19NO4. The molecule has 1 atom stereocenters. The molecule has 1 unspecified atom stereocenters. The quantitative estimate of drug-likeness (QED) is 0.836. The summed E-state index contributed by atoms with van der Waals surface area (Å²) >= 11 is 0. The number of aldehydes is 1. The summed E-state index contributed by atoms with van der Waals surface area (Å²) < 4.78 is 5.64. The van der Waals surface area contributed by atoms with Crippen LogP contribution >= 0.6 is 0 Å². The number of aromatic hydroxyl groups is 1. The van der Waals surface area contributed by atoms with Crippen LogP contribution < -0.4 is 4.74 Å². The Kier molecular flexibility index (Phi) is 4.98. The molecule has 108 valence electrons. The van der Waals surface area contributed by atoms with Crippen LogP contribution in [0.1, 0.15) is 36.0 Å². The molecule has 20 heavy (non-hydrogen) atoms. The van der Waals surface area contributed by atoms with Gasteiger partial charge in [-0.15, -0.1) is 0 Å². The van der Waals surface area contributed by atoms with Gasteiger partial charge < -0.3 is 14.7 Å². The number of carbonyl (C=O) groups excluding carboxylic acids is 2. The molecule has 0 saturated carbocycles. The van der Waals surface area contributed by atoms with Gasteiger partial charge in [0.15, 0.2) is 6.29 Å². The lowest BCUT2D eigenvalue weighted by Gasteiger charge is -2.26. The first-order chi connectivity index (χ1) is 9.76. The summed E-state index contributed by atoms with van der Waals surface area (Å²) in [4.78, 5) is 23.8. The average molecular weight is 277 g/mol. The van der Waals surface area contributed by atoms with Crippen molar-refractivity contribution in [1.82, 2.24) is 4.90 Å². The van der Waals surface area contributed by atoms with Crippen molar-refractivity contribution in [2.24, 2.45) is 0 Å². The molecule has 2 rings (SSSR count). The predicted octanol–water partition coefficient (Wildman–Crippen LogP) is 1.98. The topological polar surface area (TPSA) is 66.8 Å². The minimum absolute atomic E-state index is 0.0249. The highest BCUT2D eigenvalue weighted by molar-refractivity contribution is 5.83. The molecule has 0 aliphatic carbocycles. The third-order valence-electron chi connectivity index (χ3n) is 3.65. The van der Waals surface area contributed by atoms with Crippen molar-refractivity contribution in [1.29, 1.82) is 0 Å². The molecule has 5 heteroatoms. The van der Waals surface area contributed by atoms with Gasteiger partial charge in [0, 0.05) is 6.54 Å². The first-order valence-corrected chi connectivity index (χ1v) is 6.87. The molecule has 0 bridgehead atoms. The van der Waals surface area contributed by atoms with Gasteiger partial charge in [-0.1, -0.05) is 18.9 Å². The lowest BCUT2D eigenvalue weighted by molar-refractivity contribution is -0.120. The summed E-state index contributed by atoms with van der Waals surface area (Å²) in [5.41, 5.74) is 0.152. The van der Waals surface area contributed by atoms with Crippen molar-refractivity contribution in [3.63, 3.8) is 0 Å². The zero-order chi connectivity index (χ0) is 14.4. The van der Waals surface area contributed by atoms with Crippen LogP contribution in [0, 0.1) is 0 Å². The molecule has 0 aromatic heterocycles. The Morgan fingerprint density at radius 3 is 2.90 bits per heavy atom. The lowest BCUT2D eigenvalue weighted by Crippen LogP contribution is -2.38. The summed E-state index contributed by atoms with van der Waals surface area (Å²) in [6.07, 6.45) is 5.54. The SMILES string of the molecule is O=Cc1c(O)cccc1OCC1CCCCCN1C=O. The van der Waals surface area contributed by atoms with Crippen LogP contribution in [0.15, 0.2) is 18.2 Å². The minimum Gasteiger partial charge on any atom is -0.507 e. The van der Waals surface area contributed by atoms with E-state index in [-0.39, 0.29) is 17.4 Å². The number of rotatable bonds is 5. The molecule has 1 aliphatic rings. The van der Waals surface area contributed by atoms with E-state index in [0.29, 0.717) is 18.6 Å². The summed E-state index contributed by atoms with van der Waals surface area (Å²) in [5.74, 6) is 0.265. The molecule has 0 spiro atoms. The van der Waals surface area contributed by atoms with Crippen molar-refractivity contribution in [3.8, 4) is 11.5 Å². The van der Waals surface area contributed by atoms with E-state index in [4.69, 9.17) is 4.74 Å². The number of likely N-dealkylation sites (tertiary alicyclic amines) is 1. The highest BCUT2D eigenvalue weighted by Gasteiger charge is 2.20. The van der Waals surface area contributed by atoms with Crippen molar-refractivity contribution < 1.29 is 19.4 Å². The highest BCUT2D eigenvalue weighted by atomic mass is 16.5. The van der Waals surface area contributed by atoms with Crippen LogP contribution in [0.4, 0.5) is 0 Å². The smallest absolute Gasteiger partial charge is 0.210 e. The monoisotopic (exact) mass is 277 g/mol. The maximum atomic E-state index is 11.1. The largest absolute Gasteiger partial charge is 0.507 e. The minimum atomic E-state index is -0.0920. The van der Waals surface area contributed by atoms with Gasteiger partial charge in [0.1, 0.15) is 18.1 Å². The molecule has 1 aromatic carbocycles. The Morgan fingerprint density at radius 1 is 1.30 bits per heavy atom. The van der Waals surface area contributed by atoms with E-state index in [1.807, 2.05) is 0 Å². The highest BCUT2D eigenvalue weighted by Crippen LogP contribution is 2.26. The third kappa shape index (κ3) is 3.29. The van der Waals surface area contributed by atoms with Crippen molar-refractivity contribution in [3.05, 3.63) is 23.8 Å². The zero-order valence-corrected chi connectivity index (χ0v) is 11.3. The molecule has 1 N–H and O–H groups in total. The average Bonchev–Trinajstić information content (AvgIpc) is 2.69. The van der Waals surface area contributed by atoms with Gasteiger partial charge in [0.2, 0.25) is 6.41 Å². The van der Waals surface area contributed by atoms with Crippen LogP contribution in [0.5, 0.6) is 11.5 Å². The molecule has 1 aliphatic heterocycles. The van der Waals surface area contributed by atoms with Gasteiger partial charge in [-0.25, -0.2) is 0 Å². The van der Waals surface area contributed by atoms with Gasteiger partial charge in [0.25, 0.3) is 0 Å². The molecule has 5 nitrogen and oxygen atoms in total. The van der Waals surface area contributed by atoms with E-state index in [9.17, 15) is 14.7 Å². The van der Waals surface area contributed by atoms with Crippen LogP contribution in [-0.4, -0.2) is 41.9 Å². The van der Waals surface area contributed by atoms with Gasteiger partial charge >= 0.3 is 0 Å². The fraction of sp³-hybridized carbons (Fsp3) is 0.467. The number of benzene rings is 1. The third-order valence-corrected chi connectivity index (χ3v) is 3.65. The second-order valence-corrected chi connectivity index (χ2v) is 4.96. The second-order valence-electron chi connectivity index (χ2n) is 4.96. The Morgan fingerprint density at radius 2 is 2.15 bits per heavy atom. The van der Waals surface area contributed by atoms with E-state index in [0.717, 1.165) is 38.6 Å². The van der Waals surface area contributed by atoms with Gasteiger partial charge in [-0.3, -0.25) is 9.59 Å². The van der Waals surface area contributed by atoms with Gasteiger partial charge in [-0.05, 0) is 25.0 Å². The number of hydrogen-bond donors (Lipinski definition) is 1. The van der Waals surface area contributed by atoms with Gasteiger partial charge in [-0.2, -0.15) is 0 Å². The number of hydrogen-bond acceptors (Lipinski definition) is 4. The fourth-order valence-corrected chi connectivity index (χ4v) is 2.48. The van der Waals surface area contributed by atoms with Gasteiger partial charge in [0.05, 0.1) is 11.6 Å². The predicted molar refractivity (Wildman–Crippen MR) is 74.0 cm³/mol. The van der Waals surface area contributed by atoms with Crippen LogP contribution in [0.3, 0.4) is 0 Å². The Balaban J connectivity index is 2.05. The normalized spacial score (nSPS) is 19.2.